The van der Waals surface area contributed by atoms with Crippen LogP contribution < -0.4 is 4.74 Å². The van der Waals surface area contributed by atoms with Gasteiger partial charge in [0.05, 0.1) is 10.7 Å². The lowest BCUT2D eigenvalue weighted by Crippen LogP contribution is -1.98. The van der Waals surface area contributed by atoms with E-state index in [-0.39, 0.29) is 0 Å². The summed E-state index contributed by atoms with van der Waals surface area (Å²) >= 11 is 6.70. The second kappa shape index (κ2) is 5.92. The first kappa shape index (κ1) is 12.3. The van der Waals surface area contributed by atoms with Gasteiger partial charge >= 0.3 is 0 Å². The standard InChI is InChI=1S/C10H9Br2NO2/c1-2-3-15-10-7(6-13-14)4-8(11)5-9(10)12/h2,4-6,14H,1,3H2/b13-6-. The fraction of sp³-hybridized carbons (Fsp3) is 0.100. The zero-order valence-corrected chi connectivity index (χ0v) is 11.0. The average molecular weight is 335 g/mol. The normalized spacial score (nSPS) is 10.5. The van der Waals surface area contributed by atoms with Crippen LogP contribution in [0.1, 0.15) is 5.56 Å². The first-order chi connectivity index (χ1) is 7.19. The van der Waals surface area contributed by atoms with E-state index in [4.69, 9.17) is 9.94 Å². The summed E-state index contributed by atoms with van der Waals surface area (Å²) in [6.07, 6.45) is 2.96. The summed E-state index contributed by atoms with van der Waals surface area (Å²) in [6, 6.07) is 3.65. The van der Waals surface area contributed by atoms with E-state index in [2.05, 4.69) is 43.6 Å². The number of rotatable bonds is 4. The van der Waals surface area contributed by atoms with E-state index in [1.165, 1.54) is 6.21 Å². The topological polar surface area (TPSA) is 41.8 Å². The van der Waals surface area contributed by atoms with Crippen molar-refractivity contribution >= 4 is 38.1 Å². The Morgan fingerprint density at radius 2 is 2.20 bits per heavy atom. The Labute approximate surface area is 105 Å². The summed E-state index contributed by atoms with van der Waals surface area (Å²) in [5, 5.41) is 11.5. The molecule has 0 amide bonds. The van der Waals surface area contributed by atoms with E-state index in [0.717, 1.165) is 8.95 Å². The third-order valence-corrected chi connectivity index (χ3v) is 2.63. The second-order valence-electron chi connectivity index (χ2n) is 2.65. The Hall–Kier alpha value is -0.810. The van der Waals surface area contributed by atoms with Gasteiger partial charge in [-0.05, 0) is 28.1 Å². The highest BCUT2D eigenvalue weighted by Crippen LogP contribution is 2.32. The fourth-order valence-corrected chi connectivity index (χ4v) is 2.41. The summed E-state index contributed by atoms with van der Waals surface area (Å²) < 4.78 is 7.09. The molecule has 1 aromatic rings. The number of hydrogen-bond acceptors (Lipinski definition) is 3. The Kier molecular flexibility index (Phi) is 4.84. The summed E-state index contributed by atoms with van der Waals surface area (Å²) in [4.78, 5) is 0. The van der Waals surface area contributed by atoms with E-state index in [0.29, 0.717) is 17.9 Å². The fourth-order valence-electron chi connectivity index (χ4n) is 1.03. The van der Waals surface area contributed by atoms with Gasteiger partial charge in [-0.1, -0.05) is 33.7 Å². The summed E-state index contributed by atoms with van der Waals surface area (Å²) in [5.74, 6) is 0.621. The lowest BCUT2D eigenvalue weighted by molar-refractivity contribution is 0.321. The zero-order valence-electron chi connectivity index (χ0n) is 7.78. The van der Waals surface area contributed by atoms with Gasteiger partial charge in [0, 0.05) is 10.0 Å². The first-order valence-electron chi connectivity index (χ1n) is 4.09. The van der Waals surface area contributed by atoms with Crippen LogP contribution in [0, 0.1) is 0 Å². The smallest absolute Gasteiger partial charge is 0.142 e. The molecule has 0 unspecified atom stereocenters. The van der Waals surface area contributed by atoms with Crippen LogP contribution in [0.3, 0.4) is 0 Å². The molecule has 80 valence electrons. The van der Waals surface area contributed by atoms with Gasteiger partial charge in [0.25, 0.3) is 0 Å². The quantitative estimate of drug-likeness (QED) is 0.396. The van der Waals surface area contributed by atoms with E-state index in [1.54, 1.807) is 12.1 Å². The molecule has 0 aliphatic carbocycles. The van der Waals surface area contributed by atoms with Crippen molar-refractivity contribution < 1.29 is 9.94 Å². The van der Waals surface area contributed by atoms with Gasteiger partial charge in [-0.15, -0.1) is 0 Å². The van der Waals surface area contributed by atoms with Gasteiger partial charge < -0.3 is 9.94 Å². The molecule has 0 saturated heterocycles. The second-order valence-corrected chi connectivity index (χ2v) is 4.42. The maximum atomic E-state index is 8.51. The van der Waals surface area contributed by atoms with Gasteiger partial charge in [-0.2, -0.15) is 0 Å². The minimum absolute atomic E-state index is 0.395. The number of oxime groups is 1. The minimum Gasteiger partial charge on any atom is -0.488 e. The summed E-state index contributed by atoms with van der Waals surface area (Å²) in [6.45, 7) is 3.96. The Morgan fingerprint density at radius 1 is 1.47 bits per heavy atom. The van der Waals surface area contributed by atoms with Crippen LogP contribution in [0.4, 0.5) is 0 Å². The van der Waals surface area contributed by atoms with Crippen molar-refractivity contribution in [3.8, 4) is 5.75 Å². The molecule has 1 N–H and O–H groups in total. The van der Waals surface area contributed by atoms with Crippen LogP contribution in [0.25, 0.3) is 0 Å². The van der Waals surface area contributed by atoms with Gasteiger partial charge in [-0.3, -0.25) is 0 Å². The van der Waals surface area contributed by atoms with E-state index in [9.17, 15) is 0 Å². The molecule has 0 heterocycles. The number of hydrogen-bond donors (Lipinski definition) is 1. The van der Waals surface area contributed by atoms with E-state index < -0.39 is 0 Å². The Balaban J connectivity index is 3.13. The molecule has 0 atom stereocenters. The van der Waals surface area contributed by atoms with Crippen LogP contribution in [-0.2, 0) is 0 Å². The monoisotopic (exact) mass is 333 g/mol. The molecule has 1 rings (SSSR count). The summed E-state index contributed by atoms with van der Waals surface area (Å²) in [5.41, 5.74) is 0.681. The van der Waals surface area contributed by atoms with Gasteiger partial charge in [0.2, 0.25) is 0 Å². The van der Waals surface area contributed by atoms with Gasteiger partial charge in [-0.25, -0.2) is 0 Å². The lowest BCUT2D eigenvalue weighted by Gasteiger charge is -2.09. The van der Waals surface area contributed by atoms with Gasteiger partial charge in [0.15, 0.2) is 0 Å². The van der Waals surface area contributed by atoms with Crippen LogP contribution in [0.5, 0.6) is 5.75 Å². The molecule has 15 heavy (non-hydrogen) atoms. The first-order valence-corrected chi connectivity index (χ1v) is 5.67. The van der Waals surface area contributed by atoms with Crippen molar-refractivity contribution in [1.29, 1.82) is 0 Å². The Morgan fingerprint density at radius 3 is 2.80 bits per heavy atom. The Bertz CT molecular complexity index is 391. The lowest BCUT2D eigenvalue weighted by atomic mass is 10.2. The van der Waals surface area contributed by atoms with Crippen molar-refractivity contribution in [2.24, 2.45) is 5.16 Å². The van der Waals surface area contributed by atoms with Crippen LogP contribution in [-0.4, -0.2) is 18.0 Å². The van der Waals surface area contributed by atoms with Crippen molar-refractivity contribution in [1.82, 2.24) is 0 Å². The SMILES string of the molecule is C=CCOc1c(Br)cc(Br)cc1/C=N\O. The predicted octanol–water partition coefficient (Wildman–Crippen LogP) is 3.58. The molecular formula is C10H9Br2NO2. The molecule has 0 saturated carbocycles. The van der Waals surface area contributed by atoms with Crippen LogP contribution in [0.2, 0.25) is 0 Å². The van der Waals surface area contributed by atoms with Gasteiger partial charge in [0.1, 0.15) is 12.4 Å². The average Bonchev–Trinajstić information content (AvgIpc) is 2.17. The van der Waals surface area contributed by atoms with Crippen molar-refractivity contribution in [3.63, 3.8) is 0 Å². The molecule has 0 bridgehead atoms. The molecule has 0 aromatic heterocycles. The minimum atomic E-state index is 0.395. The third-order valence-electron chi connectivity index (χ3n) is 1.58. The van der Waals surface area contributed by atoms with Crippen molar-refractivity contribution in [2.75, 3.05) is 6.61 Å². The number of nitrogens with zero attached hydrogens (tertiary/aromatic N) is 1. The molecule has 1 aromatic carbocycles. The molecule has 5 heteroatoms. The number of ether oxygens (including phenoxy) is 1. The van der Waals surface area contributed by atoms with Crippen LogP contribution >= 0.6 is 31.9 Å². The third kappa shape index (κ3) is 3.35. The van der Waals surface area contributed by atoms with Crippen molar-refractivity contribution in [3.05, 3.63) is 39.3 Å². The van der Waals surface area contributed by atoms with E-state index >= 15 is 0 Å². The van der Waals surface area contributed by atoms with Crippen LogP contribution in [0.15, 0.2) is 38.9 Å². The highest BCUT2D eigenvalue weighted by molar-refractivity contribution is 9.11. The number of benzene rings is 1. The molecule has 0 radical (unpaired) electrons. The molecule has 0 fully saturated rings. The highest BCUT2D eigenvalue weighted by Gasteiger charge is 2.08. The molecular weight excluding hydrogens is 326 g/mol. The maximum absolute atomic E-state index is 8.51. The predicted molar refractivity (Wildman–Crippen MR) is 66.9 cm³/mol. The highest BCUT2D eigenvalue weighted by atomic mass is 79.9. The molecule has 0 aliphatic rings. The molecule has 3 nitrogen and oxygen atoms in total. The molecule has 0 spiro atoms. The number of halogens is 2. The zero-order chi connectivity index (χ0) is 11.3. The maximum Gasteiger partial charge on any atom is 0.142 e. The largest absolute Gasteiger partial charge is 0.488 e. The van der Waals surface area contributed by atoms with Crippen molar-refractivity contribution in [2.45, 2.75) is 0 Å². The molecule has 0 aliphatic heterocycles. The van der Waals surface area contributed by atoms with E-state index in [1.807, 2.05) is 6.07 Å². The summed E-state index contributed by atoms with van der Waals surface area (Å²) in [7, 11) is 0.